The molecule has 5 aliphatic carbocycles. The van der Waals surface area contributed by atoms with Gasteiger partial charge >= 0.3 is 5.97 Å². The molecule has 5 unspecified atom stereocenters. The highest BCUT2D eigenvalue weighted by Crippen LogP contribution is 2.64. The maximum absolute atomic E-state index is 13.7. The fraction of sp³-hybridized carbons (Fsp3) is 0.679. The normalized spacial score (nSPS) is 39.2. The molecule has 0 spiro atoms. The zero-order valence-corrected chi connectivity index (χ0v) is 20.9. The summed E-state index contributed by atoms with van der Waals surface area (Å²) in [5, 5.41) is 22.3. The third kappa shape index (κ3) is 3.88. The quantitative estimate of drug-likeness (QED) is 0.498. The molecule has 1 amide bonds. The number of carbonyl (C=O) groups excluding carboxylic acids is 2. The predicted molar refractivity (Wildman–Crippen MR) is 131 cm³/mol. The van der Waals surface area contributed by atoms with Gasteiger partial charge in [0.15, 0.2) is 0 Å². The minimum Gasteiger partial charge on any atom is -0.508 e. The monoisotopic (exact) mass is 492 g/mol. The third-order valence-corrected chi connectivity index (χ3v) is 9.81. The van der Waals surface area contributed by atoms with Crippen molar-refractivity contribution in [2.75, 3.05) is 7.05 Å². The van der Waals surface area contributed by atoms with Gasteiger partial charge < -0.3 is 25.8 Å². The van der Waals surface area contributed by atoms with E-state index in [0.29, 0.717) is 30.6 Å². The van der Waals surface area contributed by atoms with Crippen LogP contribution in [0.2, 0.25) is 0 Å². The molecule has 1 heterocycles. The lowest BCUT2D eigenvalue weighted by atomic mass is 9.46. The number of likely N-dealkylation sites (tertiary alicyclic amines) is 1. The summed E-state index contributed by atoms with van der Waals surface area (Å²) < 4.78 is 6.37. The number of carbonyl (C=O) groups is 2. The number of likely N-dealkylation sites (N-methyl/N-ethyl adjacent to an activating group) is 1. The van der Waals surface area contributed by atoms with Crippen LogP contribution in [-0.4, -0.2) is 58.7 Å². The summed E-state index contributed by atoms with van der Waals surface area (Å²) >= 11 is 0. The topological polar surface area (TPSA) is 129 Å². The van der Waals surface area contributed by atoms with Crippen LogP contribution in [0.15, 0.2) is 24.3 Å². The highest BCUT2D eigenvalue weighted by Gasteiger charge is 2.64. The second-order valence-corrected chi connectivity index (χ2v) is 12.3. The van der Waals surface area contributed by atoms with E-state index in [-0.39, 0.29) is 35.1 Å². The number of rotatable bonds is 7. The van der Waals surface area contributed by atoms with Crippen molar-refractivity contribution in [1.29, 1.82) is 5.26 Å². The lowest BCUT2D eigenvalue weighted by molar-refractivity contribution is -0.207. The Bertz CT molecular complexity index is 1080. The van der Waals surface area contributed by atoms with Gasteiger partial charge in [-0.2, -0.15) is 5.26 Å². The van der Waals surface area contributed by atoms with Gasteiger partial charge in [-0.25, -0.2) is 0 Å². The minimum atomic E-state index is -0.659. The van der Waals surface area contributed by atoms with Crippen LogP contribution in [0.3, 0.4) is 0 Å². The number of nitrogens with two attached hydrogens (primary N) is 1. The van der Waals surface area contributed by atoms with E-state index < -0.39 is 17.7 Å². The number of piperidine rings is 1. The van der Waals surface area contributed by atoms with Gasteiger partial charge in [0, 0.05) is 6.04 Å². The van der Waals surface area contributed by atoms with Crippen molar-refractivity contribution in [2.24, 2.45) is 28.9 Å². The van der Waals surface area contributed by atoms with E-state index in [1.807, 2.05) is 12.1 Å². The van der Waals surface area contributed by atoms with E-state index in [9.17, 15) is 20.0 Å². The zero-order valence-electron chi connectivity index (χ0n) is 20.9. The molecule has 1 saturated heterocycles. The molecular weight excluding hydrogens is 456 g/mol. The number of phenolic OH excluding ortho intramolecular Hbond substituents is 1. The Labute approximate surface area is 212 Å². The Morgan fingerprint density at radius 2 is 1.89 bits per heavy atom. The van der Waals surface area contributed by atoms with Crippen molar-refractivity contribution < 1.29 is 19.4 Å². The molecule has 1 aromatic rings. The number of aromatic hydroxyl groups is 1. The summed E-state index contributed by atoms with van der Waals surface area (Å²) in [5.74, 6) is 1.12. The van der Waals surface area contributed by atoms with E-state index in [2.05, 4.69) is 11.4 Å². The van der Waals surface area contributed by atoms with E-state index >= 15 is 0 Å². The Morgan fingerprint density at radius 3 is 2.53 bits per heavy atom. The SMILES string of the molecule is CN[C@@H](Cc1ccc(O)cc1)C(=O)OC12CC3C[C@H](C1)CC([C@H](N)C(=O)N1C4CC4C[C@H]1C#N)(C3)C2. The molecule has 0 radical (unpaired) electrons. The summed E-state index contributed by atoms with van der Waals surface area (Å²) in [4.78, 5) is 28.9. The number of benzene rings is 1. The first-order valence-corrected chi connectivity index (χ1v) is 13.4. The van der Waals surface area contributed by atoms with Gasteiger partial charge in [-0.15, -0.1) is 0 Å². The molecule has 8 heteroatoms. The molecular formula is C28H36N4O4. The lowest BCUT2D eigenvalue weighted by Gasteiger charge is -2.62. The summed E-state index contributed by atoms with van der Waals surface area (Å²) in [5.41, 5.74) is 6.80. The Kier molecular flexibility index (Phi) is 5.58. The Balaban J connectivity index is 1.20. The Morgan fingerprint density at radius 1 is 1.19 bits per heavy atom. The van der Waals surface area contributed by atoms with Crippen molar-refractivity contribution >= 4 is 11.9 Å². The fourth-order valence-corrected chi connectivity index (χ4v) is 8.50. The number of ether oxygens (including phenoxy) is 1. The average molecular weight is 493 g/mol. The number of esters is 1. The second-order valence-electron chi connectivity index (χ2n) is 12.3. The largest absolute Gasteiger partial charge is 0.508 e. The number of phenols is 1. The van der Waals surface area contributed by atoms with Crippen molar-refractivity contribution in [1.82, 2.24) is 10.2 Å². The number of nitrogens with one attached hydrogen (secondary N) is 1. The maximum atomic E-state index is 13.7. The zero-order chi connectivity index (χ0) is 25.2. The van der Waals surface area contributed by atoms with Crippen LogP contribution in [0.25, 0.3) is 0 Å². The van der Waals surface area contributed by atoms with Gasteiger partial charge in [0.1, 0.15) is 23.4 Å². The van der Waals surface area contributed by atoms with Crippen LogP contribution < -0.4 is 11.1 Å². The van der Waals surface area contributed by atoms with E-state index in [4.69, 9.17) is 10.5 Å². The summed E-state index contributed by atoms with van der Waals surface area (Å²) in [7, 11) is 1.76. The number of amides is 1. The molecule has 9 atom stereocenters. The molecule has 4 N–H and O–H groups in total. The van der Waals surface area contributed by atoms with Gasteiger partial charge in [-0.3, -0.25) is 9.59 Å². The molecule has 6 aliphatic rings. The summed E-state index contributed by atoms with van der Waals surface area (Å²) in [6.45, 7) is 0. The molecule has 4 bridgehead atoms. The minimum absolute atomic E-state index is 0.0737. The molecule has 192 valence electrons. The Hall–Kier alpha value is -2.63. The summed E-state index contributed by atoms with van der Waals surface area (Å²) in [6, 6.07) is 7.86. The standard InChI is InChI=1S/C28H36N4O4/c1-31-22(7-16-2-4-21(33)5-3-16)26(35)36-28-12-17-6-18(13-28)11-27(10-17,15-28)24(30)25(34)32-20(14-29)8-19-9-23(19)32/h2-5,17-20,22-24,31,33H,6-13,15,30H2,1H3/t17-,18?,19?,20-,22-,23?,24+,27?,28?/m0/s1. The molecule has 6 fully saturated rings. The van der Waals surface area contributed by atoms with Crippen LogP contribution in [-0.2, 0) is 20.7 Å². The first kappa shape index (κ1) is 23.7. The van der Waals surface area contributed by atoms with Gasteiger partial charge in [-0.1, -0.05) is 12.1 Å². The first-order chi connectivity index (χ1) is 17.2. The second kappa shape index (κ2) is 8.46. The van der Waals surface area contributed by atoms with Crippen molar-refractivity contribution in [2.45, 2.75) is 87.6 Å². The molecule has 5 saturated carbocycles. The van der Waals surface area contributed by atoms with Crippen molar-refractivity contribution in [3.8, 4) is 11.8 Å². The van der Waals surface area contributed by atoms with Gasteiger partial charge in [0.2, 0.25) is 5.91 Å². The smallest absolute Gasteiger partial charge is 0.324 e. The van der Waals surface area contributed by atoms with E-state index in [1.165, 1.54) is 0 Å². The average Bonchev–Trinajstić information content (AvgIpc) is 3.50. The van der Waals surface area contributed by atoms with Crippen LogP contribution in [0.4, 0.5) is 0 Å². The van der Waals surface area contributed by atoms with Crippen molar-refractivity contribution in [3.63, 3.8) is 0 Å². The van der Waals surface area contributed by atoms with Crippen LogP contribution in [0.1, 0.15) is 56.9 Å². The fourth-order valence-electron chi connectivity index (χ4n) is 8.50. The van der Waals surface area contributed by atoms with Gasteiger partial charge in [0.05, 0.1) is 12.1 Å². The van der Waals surface area contributed by atoms with Gasteiger partial charge in [-0.05, 0) is 106 Å². The van der Waals surface area contributed by atoms with E-state index in [0.717, 1.165) is 50.5 Å². The van der Waals surface area contributed by atoms with Crippen molar-refractivity contribution in [3.05, 3.63) is 29.8 Å². The highest BCUT2D eigenvalue weighted by molar-refractivity contribution is 5.84. The van der Waals surface area contributed by atoms with Crippen LogP contribution in [0, 0.1) is 34.5 Å². The van der Waals surface area contributed by atoms with Crippen LogP contribution in [0.5, 0.6) is 5.75 Å². The van der Waals surface area contributed by atoms with Gasteiger partial charge in [0.25, 0.3) is 0 Å². The molecule has 7 rings (SSSR count). The maximum Gasteiger partial charge on any atom is 0.324 e. The lowest BCUT2D eigenvalue weighted by Crippen LogP contribution is -2.66. The molecule has 1 aromatic carbocycles. The van der Waals surface area contributed by atoms with E-state index in [1.54, 1.807) is 24.1 Å². The number of nitriles is 1. The number of nitrogens with zero attached hydrogens (tertiary/aromatic N) is 2. The molecule has 8 nitrogen and oxygen atoms in total. The number of fused-ring (bicyclic) bond motifs is 1. The molecule has 0 aromatic heterocycles. The van der Waals surface area contributed by atoms with Crippen LogP contribution >= 0.6 is 0 Å². The first-order valence-electron chi connectivity index (χ1n) is 13.4. The summed E-state index contributed by atoms with van der Waals surface area (Å²) in [6.07, 6.45) is 7.44. The number of hydrogen-bond donors (Lipinski definition) is 3. The highest BCUT2D eigenvalue weighted by atomic mass is 16.6. The number of hydrogen-bond acceptors (Lipinski definition) is 7. The predicted octanol–water partition coefficient (Wildman–Crippen LogP) is 2.25. The molecule has 36 heavy (non-hydrogen) atoms. The third-order valence-electron chi connectivity index (χ3n) is 9.81. The molecule has 1 aliphatic heterocycles.